The number of furan rings is 1. The molecule has 0 unspecified atom stereocenters. The average molecular weight is 252 g/mol. The number of nitriles is 2. The molecule has 1 heterocycles. The lowest BCUT2D eigenvalue weighted by Gasteiger charge is -1.97. The summed E-state index contributed by atoms with van der Waals surface area (Å²) in [5.74, 6) is -0.673. The van der Waals surface area contributed by atoms with Crippen LogP contribution in [0.2, 0.25) is 0 Å². The zero-order chi connectivity index (χ0) is 13.6. The molecule has 19 heavy (non-hydrogen) atoms. The summed E-state index contributed by atoms with van der Waals surface area (Å²) in [5.41, 5.74) is 0.915. The topological polar surface area (TPSA) is 77.8 Å². The molecule has 3 rings (SSSR count). The fourth-order valence-electron chi connectivity index (χ4n) is 2.27. The molecule has 0 saturated carbocycles. The lowest BCUT2D eigenvalue weighted by atomic mass is 10.0. The summed E-state index contributed by atoms with van der Waals surface area (Å²) < 4.78 is 18.7. The molecule has 2 aromatic rings. The van der Waals surface area contributed by atoms with Crippen molar-refractivity contribution in [2.45, 2.75) is 6.42 Å². The van der Waals surface area contributed by atoms with Crippen LogP contribution in [-0.4, -0.2) is 5.78 Å². The molecule has 0 fully saturated rings. The van der Waals surface area contributed by atoms with Crippen LogP contribution in [0.3, 0.4) is 0 Å². The van der Waals surface area contributed by atoms with E-state index >= 15 is 0 Å². The molecule has 4 nitrogen and oxygen atoms in total. The van der Waals surface area contributed by atoms with Crippen LogP contribution in [-0.2, 0) is 0 Å². The number of halogens is 1. The Balaban J connectivity index is 2.44. The Morgan fingerprint density at radius 2 is 2.05 bits per heavy atom. The molecule has 0 saturated heterocycles. The van der Waals surface area contributed by atoms with Crippen LogP contribution in [0.15, 0.2) is 28.2 Å². The predicted octanol–water partition coefficient (Wildman–Crippen LogP) is 2.96. The maximum Gasteiger partial charge on any atom is 0.203 e. The summed E-state index contributed by atoms with van der Waals surface area (Å²) in [7, 11) is 0. The Kier molecular flexibility index (Phi) is 2.23. The molecule has 0 aliphatic heterocycles. The van der Waals surface area contributed by atoms with Gasteiger partial charge in [0, 0.05) is 22.9 Å². The van der Waals surface area contributed by atoms with E-state index < -0.39 is 5.82 Å². The Hall–Kier alpha value is -2.92. The van der Waals surface area contributed by atoms with Gasteiger partial charge in [0.15, 0.2) is 5.76 Å². The first-order valence-corrected chi connectivity index (χ1v) is 5.44. The van der Waals surface area contributed by atoms with Gasteiger partial charge in [0.1, 0.15) is 29.1 Å². The molecule has 0 spiro atoms. The van der Waals surface area contributed by atoms with Crippen LogP contribution in [0.1, 0.15) is 22.5 Å². The Morgan fingerprint density at radius 1 is 1.32 bits per heavy atom. The highest BCUT2D eigenvalue weighted by atomic mass is 19.1. The SMILES string of the molecule is N#CC(C#N)=C1CC(=O)c2oc3ccc(F)cc3c21. The summed E-state index contributed by atoms with van der Waals surface area (Å²) >= 11 is 0. The number of hydrogen-bond donors (Lipinski definition) is 0. The second-order valence-corrected chi connectivity index (χ2v) is 4.12. The lowest BCUT2D eigenvalue weighted by Crippen LogP contribution is -1.88. The van der Waals surface area contributed by atoms with E-state index in [1.165, 1.54) is 18.2 Å². The summed E-state index contributed by atoms with van der Waals surface area (Å²) in [6, 6.07) is 7.40. The van der Waals surface area contributed by atoms with Gasteiger partial charge in [0.2, 0.25) is 5.78 Å². The standard InChI is InChI=1S/C14H5FN2O2/c15-8-1-2-12-10(3-8)13-9(7(5-16)6-17)4-11(18)14(13)19-12/h1-3H,4H2. The second kappa shape index (κ2) is 3.79. The third-order valence-electron chi connectivity index (χ3n) is 3.07. The van der Waals surface area contributed by atoms with Crippen LogP contribution in [0.25, 0.3) is 16.5 Å². The molecule has 0 N–H and O–H groups in total. The van der Waals surface area contributed by atoms with Gasteiger partial charge in [-0.3, -0.25) is 4.79 Å². The number of hydrogen-bond acceptors (Lipinski definition) is 4. The Labute approximate surface area is 107 Å². The van der Waals surface area contributed by atoms with Crippen molar-refractivity contribution < 1.29 is 13.6 Å². The quantitative estimate of drug-likeness (QED) is 0.675. The molecule has 0 bridgehead atoms. The summed E-state index contributed by atoms with van der Waals surface area (Å²) in [4.78, 5) is 11.8. The number of ketones is 1. The van der Waals surface area contributed by atoms with Crippen LogP contribution in [0.5, 0.6) is 0 Å². The molecular formula is C14H5FN2O2. The molecule has 90 valence electrons. The van der Waals surface area contributed by atoms with E-state index in [2.05, 4.69) is 0 Å². The zero-order valence-electron chi connectivity index (χ0n) is 9.53. The van der Waals surface area contributed by atoms with Gasteiger partial charge in [-0.15, -0.1) is 0 Å². The zero-order valence-corrected chi connectivity index (χ0v) is 9.53. The van der Waals surface area contributed by atoms with E-state index in [-0.39, 0.29) is 23.5 Å². The largest absolute Gasteiger partial charge is 0.452 e. The minimum absolute atomic E-state index is 0.0585. The lowest BCUT2D eigenvalue weighted by molar-refractivity contribution is 0.0981. The smallest absolute Gasteiger partial charge is 0.203 e. The normalized spacial score (nSPS) is 13.2. The van der Waals surface area contributed by atoms with Gasteiger partial charge in [0.25, 0.3) is 0 Å². The molecule has 0 radical (unpaired) electrons. The summed E-state index contributed by atoms with van der Waals surface area (Å²) in [6.07, 6.45) is -0.0585. The molecule has 0 atom stereocenters. The van der Waals surface area contributed by atoms with Gasteiger partial charge in [-0.25, -0.2) is 4.39 Å². The summed E-state index contributed by atoms with van der Waals surface area (Å²) in [6.45, 7) is 0. The molecule has 5 heteroatoms. The van der Waals surface area contributed by atoms with Crippen LogP contribution < -0.4 is 0 Å². The van der Waals surface area contributed by atoms with Crippen molar-refractivity contribution in [1.82, 2.24) is 0 Å². The van der Waals surface area contributed by atoms with Gasteiger partial charge in [0.05, 0.1) is 0 Å². The predicted molar refractivity (Wildman–Crippen MR) is 63.3 cm³/mol. The van der Waals surface area contributed by atoms with Crippen molar-refractivity contribution in [1.29, 1.82) is 10.5 Å². The van der Waals surface area contributed by atoms with Gasteiger partial charge in [-0.2, -0.15) is 10.5 Å². The van der Waals surface area contributed by atoms with Gasteiger partial charge in [-0.1, -0.05) is 0 Å². The van der Waals surface area contributed by atoms with E-state index in [0.717, 1.165) is 0 Å². The minimum Gasteiger partial charge on any atom is -0.452 e. The third-order valence-corrected chi connectivity index (χ3v) is 3.07. The van der Waals surface area contributed by atoms with E-state index in [9.17, 15) is 9.18 Å². The maximum absolute atomic E-state index is 13.3. The molecule has 1 aromatic heterocycles. The molecule has 1 aliphatic carbocycles. The first-order valence-electron chi connectivity index (χ1n) is 5.44. The van der Waals surface area contributed by atoms with Crippen LogP contribution in [0.4, 0.5) is 4.39 Å². The van der Waals surface area contributed by atoms with Crippen molar-refractivity contribution in [2.24, 2.45) is 0 Å². The summed E-state index contributed by atoms with van der Waals surface area (Å²) in [5, 5.41) is 18.2. The molecule has 1 aliphatic rings. The number of rotatable bonds is 0. The van der Waals surface area contributed by atoms with Gasteiger partial charge < -0.3 is 4.42 Å². The first-order chi connectivity index (χ1) is 9.15. The monoisotopic (exact) mass is 252 g/mol. The van der Waals surface area contributed by atoms with Crippen molar-refractivity contribution in [3.05, 3.63) is 40.9 Å². The van der Waals surface area contributed by atoms with Crippen LogP contribution >= 0.6 is 0 Å². The van der Waals surface area contributed by atoms with Crippen molar-refractivity contribution >= 4 is 22.3 Å². The number of carbonyl (C=O) groups is 1. The Morgan fingerprint density at radius 3 is 2.74 bits per heavy atom. The average Bonchev–Trinajstić information content (AvgIpc) is 2.90. The first kappa shape index (κ1) is 11.2. The third kappa shape index (κ3) is 1.46. The number of Topliss-reactive ketones (excluding diaryl/α,β-unsaturated/α-hetero) is 1. The number of benzene rings is 1. The van der Waals surface area contributed by atoms with E-state index in [0.29, 0.717) is 22.1 Å². The minimum atomic E-state index is -0.467. The highest BCUT2D eigenvalue weighted by Gasteiger charge is 2.33. The number of carbonyl (C=O) groups excluding carboxylic acids is 1. The van der Waals surface area contributed by atoms with Crippen LogP contribution in [0, 0.1) is 28.5 Å². The second-order valence-electron chi connectivity index (χ2n) is 4.12. The maximum atomic E-state index is 13.3. The fourth-order valence-corrected chi connectivity index (χ4v) is 2.27. The van der Waals surface area contributed by atoms with Gasteiger partial charge >= 0.3 is 0 Å². The fraction of sp³-hybridized carbons (Fsp3) is 0.0714. The van der Waals surface area contributed by atoms with Gasteiger partial charge in [-0.05, 0) is 18.2 Å². The Bertz CT molecular complexity index is 831. The number of allylic oxidation sites excluding steroid dienone is 2. The number of fused-ring (bicyclic) bond motifs is 3. The van der Waals surface area contributed by atoms with E-state index in [1.54, 1.807) is 12.1 Å². The molecular weight excluding hydrogens is 247 g/mol. The highest BCUT2D eigenvalue weighted by Crippen LogP contribution is 2.41. The van der Waals surface area contributed by atoms with E-state index in [1.807, 2.05) is 0 Å². The van der Waals surface area contributed by atoms with Crippen molar-refractivity contribution in [3.8, 4) is 12.1 Å². The molecule has 1 aromatic carbocycles. The van der Waals surface area contributed by atoms with E-state index in [4.69, 9.17) is 14.9 Å². The van der Waals surface area contributed by atoms with Crippen molar-refractivity contribution in [2.75, 3.05) is 0 Å². The number of nitrogens with zero attached hydrogens (tertiary/aromatic N) is 2. The van der Waals surface area contributed by atoms with Crippen molar-refractivity contribution in [3.63, 3.8) is 0 Å². The highest BCUT2D eigenvalue weighted by molar-refractivity contribution is 6.16. The molecule has 0 amide bonds.